The molecule has 0 saturated carbocycles. The van der Waals surface area contributed by atoms with Gasteiger partial charge in [0.2, 0.25) is 5.91 Å². The smallest absolute Gasteiger partial charge is 0.406 e. The zero-order valence-electron chi connectivity index (χ0n) is 15.4. The Hall–Kier alpha value is -3.61. The normalized spacial score (nSPS) is 15.5. The predicted octanol–water partition coefficient (Wildman–Crippen LogP) is 3.45. The molecular weight excluding hydrogens is 406 g/mol. The Kier molecular flexibility index (Phi) is 5.91. The molecule has 1 atom stereocenters. The summed E-state index contributed by atoms with van der Waals surface area (Å²) in [6, 6.07) is 9.42. The van der Waals surface area contributed by atoms with Crippen LogP contribution in [-0.4, -0.2) is 29.6 Å². The molecule has 0 saturated heterocycles. The third-order valence-electron chi connectivity index (χ3n) is 4.47. The van der Waals surface area contributed by atoms with E-state index in [0.29, 0.717) is 5.56 Å². The Bertz CT molecular complexity index is 1000. The maximum Gasteiger partial charge on any atom is 0.573 e. The first kappa shape index (κ1) is 21.1. The summed E-state index contributed by atoms with van der Waals surface area (Å²) in [7, 11) is 0. The number of hydrogen-bond acceptors (Lipinski definition) is 4. The number of hydrogen-bond donors (Lipinski definition) is 1. The number of halogens is 4. The maximum absolute atomic E-state index is 14.4. The minimum absolute atomic E-state index is 0.0359. The van der Waals surface area contributed by atoms with Gasteiger partial charge in [-0.3, -0.25) is 9.59 Å². The van der Waals surface area contributed by atoms with Crippen molar-refractivity contribution < 1.29 is 31.9 Å². The lowest BCUT2D eigenvalue weighted by atomic mass is 10.0. The van der Waals surface area contributed by atoms with Gasteiger partial charge in [0.15, 0.2) is 0 Å². The lowest BCUT2D eigenvalue weighted by Gasteiger charge is -2.23. The lowest BCUT2D eigenvalue weighted by Crippen LogP contribution is -2.39. The molecule has 1 aliphatic heterocycles. The number of nitrogens with one attached hydrogen (secondary N) is 1. The highest BCUT2D eigenvalue weighted by Gasteiger charge is 2.42. The Labute approximate surface area is 168 Å². The van der Waals surface area contributed by atoms with E-state index in [4.69, 9.17) is 5.26 Å². The number of fused-ring (bicyclic) bond motifs is 1. The number of carbonyl (C=O) groups excluding carboxylic acids is 2. The van der Waals surface area contributed by atoms with E-state index < -0.39 is 35.8 Å². The number of nitriles is 1. The van der Waals surface area contributed by atoms with Crippen molar-refractivity contribution in [3.05, 3.63) is 65.0 Å². The standard InChI is InChI=1S/C20H15F4N3O3/c21-15-4-1-3-14-16(15)17(27(19(14)29)10-2-9-25)18(28)26-11-12-5-7-13(8-6-12)30-20(22,23)24/h1,3-8,17H,2,10-11H2,(H,26,28). The number of benzene rings is 2. The molecule has 1 heterocycles. The molecule has 2 aromatic carbocycles. The van der Waals surface area contributed by atoms with Crippen LogP contribution < -0.4 is 10.1 Å². The van der Waals surface area contributed by atoms with Crippen LogP contribution in [0.5, 0.6) is 5.75 Å². The van der Waals surface area contributed by atoms with E-state index in [0.717, 1.165) is 23.1 Å². The average Bonchev–Trinajstić information content (AvgIpc) is 2.98. The lowest BCUT2D eigenvalue weighted by molar-refractivity contribution is -0.274. The molecule has 0 spiro atoms. The van der Waals surface area contributed by atoms with Crippen molar-refractivity contribution in [1.82, 2.24) is 10.2 Å². The molecule has 1 N–H and O–H groups in total. The number of nitrogens with zero attached hydrogens (tertiary/aromatic N) is 2. The van der Waals surface area contributed by atoms with Crippen molar-refractivity contribution in [2.24, 2.45) is 0 Å². The van der Waals surface area contributed by atoms with Crippen LogP contribution in [0.15, 0.2) is 42.5 Å². The first-order valence-electron chi connectivity index (χ1n) is 8.80. The van der Waals surface area contributed by atoms with Gasteiger partial charge in [-0.15, -0.1) is 13.2 Å². The first-order chi connectivity index (χ1) is 14.2. The minimum atomic E-state index is -4.81. The first-order valence-corrected chi connectivity index (χ1v) is 8.80. The topological polar surface area (TPSA) is 82.4 Å². The van der Waals surface area contributed by atoms with Gasteiger partial charge >= 0.3 is 6.36 Å². The van der Waals surface area contributed by atoms with E-state index >= 15 is 0 Å². The van der Waals surface area contributed by atoms with E-state index in [-0.39, 0.29) is 30.6 Å². The SMILES string of the molecule is N#CCCN1C(=O)c2cccc(F)c2C1C(=O)NCc1ccc(OC(F)(F)F)cc1. The summed E-state index contributed by atoms with van der Waals surface area (Å²) in [5, 5.41) is 11.4. The summed E-state index contributed by atoms with van der Waals surface area (Å²) in [5.74, 6) is -2.33. The molecule has 3 rings (SSSR count). The maximum atomic E-state index is 14.4. The highest BCUT2D eigenvalue weighted by molar-refractivity contribution is 6.04. The molecule has 0 aliphatic carbocycles. The zero-order valence-corrected chi connectivity index (χ0v) is 15.4. The number of amides is 2. The molecule has 1 unspecified atom stereocenters. The van der Waals surface area contributed by atoms with Crippen molar-refractivity contribution in [2.75, 3.05) is 6.54 Å². The molecule has 0 fully saturated rings. The number of ether oxygens (including phenoxy) is 1. The fourth-order valence-corrected chi connectivity index (χ4v) is 3.20. The fraction of sp³-hybridized carbons (Fsp3) is 0.250. The van der Waals surface area contributed by atoms with Crippen LogP contribution >= 0.6 is 0 Å². The average molecular weight is 421 g/mol. The van der Waals surface area contributed by atoms with E-state index in [2.05, 4.69) is 10.1 Å². The van der Waals surface area contributed by atoms with Crippen molar-refractivity contribution in [3.63, 3.8) is 0 Å². The molecule has 6 nitrogen and oxygen atoms in total. The van der Waals surface area contributed by atoms with Gasteiger partial charge in [-0.25, -0.2) is 4.39 Å². The van der Waals surface area contributed by atoms with Crippen molar-refractivity contribution >= 4 is 11.8 Å². The summed E-state index contributed by atoms with van der Waals surface area (Å²) in [6.07, 6.45) is -4.85. The monoisotopic (exact) mass is 421 g/mol. The molecule has 0 bridgehead atoms. The van der Waals surface area contributed by atoms with E-state index in [1.807, 2.05) is 6.07 Å². The molecule has 10 heteroatoms. The van der Waals surface area contributed by atoms with Crippen LogP contribution in [0, 0.1) is 17.1 Å². The molecule has 156 valence electrons. The summed E-state index contributed by atoms with van der Waals surface area (Å²) in [5.41, 5.74) is 0.466. The van der Waals surface area contributed by atoms with Crippen LogP contribution in [0.25, 0.3) is 0 Å². The summed E-state index contributed by atoms with van der Waals surface area (Å²) in [4.78, 5) is 26.5. The number of carbonyl (C=O) groups is 2. The minimum Gasteiger partial charge on any atom is -0.406 e. The molecular formula is C20H15F4N3O3. The van der Waals surface area contributed by atoms with E-state index in [9.17, 15) is 27.2 Å². The van der Waals surface area contributed by atoms with Crippen LogP contribution in [0.4, 0.5) is 17.6 Å². The van der Waals surface area contributed by atoms with Gasteiger partial charge in [-0.2, -0.15) is 5.26 Å². The second kappa shape index (κ2) is 8.41. The molecule has 2 amide bonds. The van der Waals surface area contributed by atoms with E-state index in [1.54, 1.807) is 0 Å². The molecule has 1 aliphatic rings. The van der Waals surface area contributed by atoms with Crippen molar-refractivity contribution in [2.45, 2.75) is 25.4 Å². The van der Waals surface area contributed by atoms with Gasteiger partial charge in [0, 0.05) is 24.2 Å². The van der Waals surface area contributed by atoms with Crippen LogP contribution in [0.1, 0.15) is 33.9 Å². The highest BCUT2D eigenvalue weighted by atomic mass is 19.4. The Balaban J connectivity index is 1.75. The second-order valence-corrected chi connectivity index (χ2v) is 6.42. The van der Waals surface area contributed by atoms with Crippen LogP contribution in [0.2, 0.25) is 0 Å². The van der Waals surface area contributed by atoms with Crippen molar-refractivity contribution in [3.8, 4) is 11.8 Å². The second-order valence-electron chi connectivity index (χ2n) is 6.42. The Morgan fingerprint density at radius 2 is 1.90 bits per heavy atom. The Morgan fingerprint density at radius 3 is 2.53 bits per heavy atom. The van der Waals surface area contributed by atoms with Crippen LogP contribution in [0.3, 0.4) is 0 Å². The quantitative estimate of drug-likeness (QED) is 0.725. The molecule has 0 aromatic heterocycles. The van der Waals surface area contributed by atoms with Crippen LogP contribution in [-0.2, 0) is 11.3 Å². The van der Waals surface area contributed by atoms with Crippen molar-refractivity contribution in [1.29, 1.82) is 5.26 Å². The zero-order chi connectivity index (χ0) is 21.9. The fourth-order valence-electron chi connectivity index (χ4n) is 3.20. The summed E-state index contributed by atoms with van der Waals surface area (Å²) < 4.78 is 54.8. The highest BCUT2D eigenvalue weighted by Crippen LogP contribution is 2.35. The molecule has 2 aromatic rings. The van der Waals surface area contributed by atoms with Gasteiger partial charge < -0.3 is 15.0 Å². The number of alkyl halides is 3. The van der Waals surface area contributed by atoms with Gasteiger partial charge in [-0.1, -0.05) is 18.2 Å². The number of rotatable bonds is 6. The molecule has 0 radical (unpaired) electrons. The van der Waals surface area contributed by atoms with Gasteiger partial charge in [-0.05, 0) is 29.8 Å². The van der Waals surface area contributed by atoms with E-state index in [1.165, 1.54) is 24.3 Å². The van der Waals surface area contributed by atoms with Gasteiger partial charge in [0.25, 0.3) is 5.91 Å². The summed E-state index contributed by atoms with van der Waals surface area (Å²) >= 11 is 0. The Morgan fingerprint density at radius 1 is 1.20 bits per heavy atom. The third kappa shape index (κ3) is 4.51. The van der Waals surface area contributed by atoms with Gasteiger partial charge in [0.05, 0.1) is 12.5 Å². The molecule has 30 heavy (non-hydrogen) atoms. The third-order valence-corrected chi connectivity index (χ3v) is 4.47. The largest absolute Gasteiger partial charge is 0.573 e. The predicted molar refractivity (Wildman–Crippen MR) is 95.4 cm³/mol. The summed E-state index contributed by atoms with van der Waals surface area (Å²) in [6.45, 7) is -0.114. The van der Waals surface area contributed by atoms with Gasteiger partial charge in [0.1, 0.15) is 17.6 Å².